The molecule has 3 aromatic rings. The summed E-state index contributed by atoms with van der Waals surface area (Å²) in [5.74, 6) is 0.283. The van der Waals surface area contributed by atoms with Crippen molar-refractivity contribution in [3.05, 3.63) is 55.1 Å². The molecule has 2 N–H and O–H groups in total. The zero-order valence-corrected chi connectivity index (χ0v) is 17.0. The second-order valence-electron chi connectivity index (χ2n) is 6.24. The molecule has 0 aliphatic carbocycles. The first kappa shape index (κ1) is 22.3. The molecule has 8 nitrogen and oxygen atoms in total. The van der Waals surface area contributed by atoms with Crippen molar-refractivity contribution in [2.75, 3.05) is 23.0 Å². The number of nitrogens with one attached hydrogen (secondary N) is 2. The summed E-state index contributed by atoms with van der Waals surface area (Å²) in [5, 5.41) is 5.84. The minimum absolute atomic E-state index is 0.0207. The van der Waals surface area contributed by atoms with E-state index in [9.17, 15) is 21.6 Å². The summed E-state index contributed by atoms with van der Waals surface area (Å²) in [6, 6.07) is 8.53. The Bertz CT molecular complexity index is 1140. The third kappa shape index (κ3) is 6.28. The van der Waals surface area contributed by atoms with Gasteiger partial charge in [-0.15, -0.1) is 0 Å². The van der Waals surface area contributed by atoms with Crippen LogP contribution in [-0.2, 0) is 9.84 Å². The lowest BCUT2D eigenvalue weighted by atomic mass is 10.3. The predicted molar refractivity (Wildman–Crippen MR) is 109 cm³/mol. The number of nitrogens with zero attached hydrogens (tertiary/aromatic N) is 3. The maximum absolute atomic E-state index is 12.6. The highest BCUT2D eigenvalue weighted by molar-refractivity contribution is 7.91. The van der Waals surface area contributed by atoms with E-state index >= 15 is 0 Å². The molecule has 2 heterocycles. The predicted octanol–water partition coefficient (Wildman–Crippen LogP) is 4.09. The summed E-state index contributed by atoms with van der Waals surface area (Å²) in [6.45, 7) is -0.0574. The Morgan fingerprint density at radius 2 is 1.68 bits per heavy atom. The highest BCUT2D eigenvalue weighted by Crippen LogP contribution is 2.32. The Morgan fingerprint density at radius 1 is 1.00 bits per heavy atom. The van der Waals surface area contributed by atoms with E-state index in [1.807, 2.05) is 0 Å². The number of benzene rings is 1. The molecular formula is C19H18F3N5O3S. The van der Waals surface area contributed by atoms with Crippen molar-refractivity contribution >= 4 is 32.8 Å². The molecule has 1 aromatic carbocycles. The summed E-state index contributed by atoms with van der Waals surface area (Å²) in [5.41, 5.74) is 0.734. The average molecular weight is 453 g/mol. The fourth-order valence-electron chi connectivity index (χ4n) is 2.47. The molecule has 0 spiro atoms. The summed E-state index contributed by atoms with van der Waals surface area (Å²) in [7, 11) is -3.59. The van der Waals surface area contributed by atoms with Crippen molar-refractivity contribution in [1.29, 1.82) is 0 Å². The maximum atomic E-state index is 12.6. The Morgan fingerprint density at radius 3 is 2.32 bits per heavy atom. The smallest absolute Gasteiger partial charge is 0.422 e. The number of hydrogen-bond acceptors (Lipinski definition) is 8. The zero-order valence-electron chi connectivity index (χ0n) is 16.2. The Hall–Kier alpha value is -3.41. The van der Waals surface area contributed by atoms with Gasteiger partial charge in [0.25, 0.3) is 0 Å². The van der Waals surface area contributed by atoms with Crippen LogP contribution in [0.2, 0.25) is 0 Å². The molecule has 0 radical (unpaired) electrons. The standard InChI is InChI=1S/C19H18F3N5O3S/c1-2-31(28,29)14-3-4-16(30-11-19(20,21)22)15(9-14)27-18-10-17(24-12-25-18)26-13-5-7-23-8-6-13/h3-10,12H,2,11H2,1H3,(H2,23,24,25,26,27). The number of ether oxygens (including phenoxy) is 1. The molecule has 3 rings (SSSR count). The molecule has 0 bridgehead atoms. The lowest BCUT2D eigenvalue weighted by Gasteiger charge is -2.16. The fraction of sp³-hybridized carbons (Fsp3) is 0.211. The van der Waals surface area contributed by atoms with Gasteiger partial charge in [0.05, 0.1) is 16.3 Å². The monoisotopic (exact) mass is 453 g/mol. The number of halogens is 3. The highest BCUT2D eigenvalue weighted by atomic mass is 32.2. The molecule has 2 aromatic heterocycles. The van der Waals surface area contributed by atoms with Crippen molar-refractivity contribution < 1.29 is 26.3 Å². The van der Waals surface area contributed by atoms with Gasteiger partial charge >= 0.3 is 6.18 Å². The van der Waals surface area contributed by atoms with Crippen LogP contribution in [0.3, 0.4) is 0 Å². The van der Waals surface area contributed by atoms with Crippen molar-refractivity contribution in [1.82, 2.24) is 15.0 Å². The van der Waals surface area contributed by atoms with Gasteiger partial charge in [-0.3, -0.25) is 4.98 Å². The summed E-state index contributed by atoms with van der Waals surface area (Å²) < 4.78 is 67.1. The van der Waals surface area contributed by atoms with E-state index in [1.165, 1.54) is 37.5 Å². The summed E-state index contributed by atoms with van der Waals surface area (Å²) >= 11 is 0. The molecule has 0 unspecified atom stereocenters. The van der Waals surface area contributed by atoms with E-state index in [0.717, 1.165) is 0 Å². The van der Waals surface area contributed by atoms with Crippen molar-refractivity contribution in [2.24, 2.45) is 0 Å². The van der Waals surface area contributed by atoms with E-state index in [1.54, 1.807) is 24.5 Å². The van der Waals surface area contributed by atoms with Gasteiger partial charge in [0.15, 0.2) is 16.4 Å². The lowest BCUT2D eigenvalue weighted by molar-refractivity contribution is -0.153. The minimum Gasteiger partial charge on any atom is -0.482 e. The number of anilines is 4. The molecule has 164 valence electrons. The maximum Gasteiger partial charge on any atom is 0.422 e. The van der Waals surface area contributed by atoms with Crippen LogP contribution in [0.25, 0.3) is 0 Å². The Kier molecular flexibility index (Phi) is 6.59. The molecule has 0 saturated carbocycles. The van der Waals surface area contributed by atoms with Crippen molar-refractivity contribution in [3.63, 3.8) is 0 Å². The number of sulfone groups is 1. The Labute approximate surface area is 176 Å². The van der Waals surface area contributed by atoms with Gasteiger partial charge < -0.3 is 15.4 Å². The normalized spacial score (nSPS) is 11.7. The van der Waals surface area contributed by atoms with Crippen LogP contribution in [0.5, 0.6) is 5.75 Å². The van der Waals surface area contributed by atoms with E-state index < -0.39 is 22.6 Å². The van der Waals surface area contributed by atoms with Crippen LogP contribution >= 0.6 is 0 Å². The second kappa shape index (κ2) is 9.16. The number of hydrogen-bond donors (Lipinski definition) is 2. The van der Waals surface area contributed by atoms with E-state index in [-0.39, 0.29) is 27.9 Å². The average Bonchev–Trinajstić information content (AvgIpc) is 2.73. The van der Waals surface area contributed by atoms with Gasteiger partial charge in [-0.05, 0) is 30.3 Å². The van der Waals surface area contributed by atoms with E-state index in [0.29, 0.717) is 11.5 Å². The van der Waals surface area contributed by atoms with Gasteiger partial charge in [-0.25, -0.2) is 18.4 Å². The molecule has 31 heavy (non-hydrogen) atoms. The molecule has 0 aliphatic heterocycles. The largest absolute Gasteiger partial charge is 0.482 e. The van der Waals surface area contributed by atoms with Gasteiger partial charge in [-0.2, -0.15) is 13.2 Å². The van der Waals surface area contributed by atoms with Crippen molar-refractivity contribution in [2.45, 2.75) is 18.0 Å². The van der Waals surface area contributed by atoms with Gasteiger partial charge in [-0.1, -0.05) is 6.92 Å². The van der Waals surface area contributed by atoms with Crippen LogP contribution in [-0.4, -0.2) is 41.9 Å². The third-order valence-corrected chi connectivity index (χ3v) is 5.70. The molecule has 12 heteroatoms. The molecule has 0 saturated heterocycles. The molecule has 0 fully saturated rings. The molecule has 0 amide bonds. The quantitative estimate of drug-likeness (QED) is 0.525. The summed E-state index contributed by atoms with van der Waals surface area (Å²) in [4.78, 5) is 12.0. The number of aromatic nitrogens is 3. The highest BCUT2D eigenvalue weighted by Gasteiger charge is 2.29. The first-order valence-electron chi connectivity index (χ1n) is 8.99. The molecule has 0 aliphatic rings. The third-order valence-electron chi connectivity index (χ3n) is 3.96. The van der Waals surface area contributed by atoms with Crippen molar-refractivity contribution in [3.8, 4) is 5.75 Å². The van der Waals surface area contributed by atoms with Crippen LogP contribution in [0.4, 0.5) is 36.2 Å². The van der Waals surface area contributed by atoms with Crippen LogP contribution < -0.4 is 15.4 Å². The van der Waals surface area contributed by atoms with Crippen LogP contribution in [0.15, 0.2) is 60.0 Å². The van der Waals surface area contributed by atoms with Gasteiger partial charge in [0, 0.05) is 24.1 Å². The fourth-order valence-corrected chi connectivity index (χ4v) is 3.37. The lowest BCUT2D eigenvalue weighted by Crippen LogP contribution is -2.19. The SMILES string of the molecule is CCS(=O)(=O)c1ccc(OCC(F)(F)F)c(Nc2cc(Nc3ccncc3)ncn2)c1. The zero-order chi connectivity index (χ0) is 22.5. The second-order valence-corrected chi connectivity index (χ2v) is 8.52. The minimum atomic E-state index is -4.55. The van der Waals surface area contributed by atoms with E-state index in [2.05, 4.69) is 25.6 Å². The molecule has 0 atom stereocenters. The molecular weight excluding hydrogens is 435 g/mol. The van der Waals surface area contributed by atoms with Gasteiger partial charge in [0.2, 0.25) is 0 Å². The summed E-state index contributed by atoms with van der Waals surface area (Å²) in [6.07, 6.45) is -0.129. The van der Waals surface area contributed by atoms with E-state index in [4.69, 9.17) is 4.74 Å². The van der Waals surface area contributed by atoms with Crippen LogP contribution in [0.1, 0.15) is 6.92 Å². The van der Waals surface area contributed by atoms with Gasteiger partial charge in [0.1, 0.15) is 23.7 Å². The first-order valence-corrected chi connectivity index (χ1v) is 10.6. The number of pyridine rings is 1. The van der Waals surface area contributed by atoms with Crippen LogP contribution in [0, 0.1) is 0 Å². The Balaban J connectivity index is 1.90. The number of rotatable bonds is 8. The topological polar surface area (TPSA) is 106 Å². The first-order chi connectivity index (χ1) is 14.7. The number of alkyl halides is 3.